The van der Waals surface area contributed by atoms with Crippen molar-refractivity contribution in [1.29, 1.82) is 5.26 Å². The standard InChI is InChI=1S/C15H21N3O3/c1-20-14(11-17)10-15(19)18-12-5-4-6-13(9-12)21-8-3-2-7-16/h4-6,9,14H,2-3,8,10-11,17H2,1H3,(H,18,19). The fourth-order valence-electron chi connectivity index (χ4n) is 1.69. The number of carbonyl (C=O) groups is 1. The second kappa shape index (κ2) is 9.75. The number of amides is 1. The van der Waals surface area contributed by atoms with E-state index in [0.29, 0.717) is 37.4 Å². The van der Waals surface area contributed by atoms with E-state index in [9.17, 15) is 4.79 Å². The summed E-state index contributed by atoms with van der Waals surface area (Å²) in [5.41, 5.74) is 6.14. The lowest BCUT2D eigenvalue weighted by Gasteiger charge is -2.13. The molecule has 1 amide bonds. The molecule has 1 unspecified atom stereocenters. The lowest BCUT2D eigenvalue weighted by Crippen LogP contribution is -2.28. The van der Waals surface area contributed by atoms with Gasteiger partial charge in [0.15, 0.2) is 0 Å². The zero-order chi connectivity index (χ0) is 15.5. The molecule has 0 radical (unpaired) electrons. The SMILES string of the molecule is COC(CN)CC(=O)Nc1cccc(OCCCC#N)c1. The highest BCUT2D eigenvalue weighted by molar-refractivity contribution is 5.91. The Balaban J connectivity index is 2.48. The van der Waals surface area contributed by atoms with Crippen molar-refractivity contribution in [3.8, 4) is 11.8 Å². The van der Waals surface area contributed by atoms with E-state index < -0.39 is 0 Å². The van der Waals surface area contributed by atoms with Crippen molar-refractivity contribution >= 4 is 11.6 Å². The molecule has 21 heavy (non-hydrogen) atoms. The van der Waals surface area contributed by atoms with Gasteiger partial charge in [-0.1, -0.05) is 6.07 Å². The van der Waals surface area contributed by atoms with Gasteiger partial charge >= 0.3 is 0 Å². The summed E-state index contributed by atoms with van der Waals surface area (Å²) in [5.74, 6) is 0.502. The average Bonchev–Trinajstić information content (AvgIpc) is 2.49. The van der Waals surface area contributed by atoms with E-state index in [1.807, 2.05) is 0 Å². The molecule has 1 aromatic carbocycles. The van der Waals surface area contributed by atoms with Gasteiger partial charge in [-0.25, -0.2) is 0 Å². The summed E-state index contributed by atoms with van der Waals surface area (Å²) in [4.78, 5) is 11.8. The predicted octanol–water partition coefficient (Wildman–Crippen LogP) is 1.67. The first-order valence-corrected chi connectivity index (χ1v) is 6.82. The van der Waals surface area contributed by atoms with Crippen LogP contribution in [-0.2, 0) is 9.53 Å². The Morgan fingerprint density at radius 3 is 3.00 bits per heavy atom. The fraction of sp³-hybridized carbons (Fsp3) is 0.467. The zero-order valence-corrected chi connectivity index (χ0v) is 12.2. The molecule has 6 heteroatoms. The van der Waals surface area contributed by atoms with Gasteiger partial charge in [0.2, 0.25) is 5.91 Å². The van der Waals surface area contributed by atoms with E-state index in [0.717, 1.165) is 0 Å². The van der Waals surface area contributed by atoms with Crippen LogP contribution < -0.4 is 15.8 Å². The molecular weight excluding hydrogens is 270 g/mol. The van der Waals surface area contributed by atoms with Crippen LogP contribution >= 0.6 is 0 Å². The smallest absolute Gasteiger partial charge is 0.227 e. The molecule has 0 aliphatic rings. The van der Waals surface area contributed by atoms with Gasteiger partial charge in [-0.2, -0.15) is 5.26 Å². The van der Waals surface area contributed by atoms with Gasteiger partial charge in [-0.05, 0) is 18.6 Å². The van der Waals surface area contributed by atoms with E-state index in [4.69, 9.17) is 20.5 Å². The van der Waals surface area contributed by atoms with Crippen LogP contribution in [0.25, 0.3) is 0 Å². The molecular formula is C15H21N3O3. The predicted molar refractivity (Wildman–Crippen MR) is 79.9 cm³/mol. The molecule has 1 aromatic rings. The summed E-state index contributed by atoms with van der Waals surface area (Å²) in [5, 5.41) is 11.2. The Labute approximate surface area is 124 Å². The third kappa shape index (κ3) is 6.75. The minimum Gasteiger partial charge on any atom is -0.493 e. The van der Waals surface area contributed by atoms with Gasteiger partial charge in [0, 0.05) is 31.8 Å². The van der Waals surface area contributed by atoms with Crippen LogP contribution in [0.4, 0.5) is 5.69 Å². The minimum absolute atomic E-state index is 0.158. The van der Waals surface area contributed by atoms with Crippen molar-refractivity contribution in [1.82, 2.24) is 0 Å². The fourth-order valence-corrected chi connectivity index (χ4v) is 1.69. The van der Waals surface area contributed by atoms with Crippen LogP contribution in [0.1, 0.15) is 19.3 Å². The van der Waals surface area contributed by atoms with Crippen molar-refractivity contribution in [3.05, 3.63) is 24.3 Å². The molecule has 0 saturated carbocycles. The Hall–Kier alpha value is -2.10. The van der Waals surface area contributed by atoms with E-state index in [1.165, 1.54) is 7.11 Å². The molecule has 0 aliphatic carbocycles. The summed E-state index contributed by atoms with van der Waals surface area (Å²) in [6, 6.07) is 9.19. The number of nitrogens with one attached hydrogen (secondary N) is 1. The molecule has 0 aliphatic heterocycles. The van der Waals surface area contributed by atoms with Crippen molar-refractivity contribution in [2.45, 2.75) is 25.4 Å². The number of rotatable bonds is 9. The second-order valence-corrected chi connectivity index (χ2v) is 4.48. The van der Waals surface area contributed by atoms with Crippen LogP contribution in [0.3, 0.4) is 0 Å². The average molecular weight is 291 g/mol. The number of benzene rings is 1. The minimum atomic E-state index is -0.282. The van der Waals surface area contributed by atoms with Gasteiger partial charge < -0.3 is 20.5 Å². The van der Waals surface area contributed by atoms with E-state index in [1.54, 1.807) is 24.3 Å². The number of methoxy groups -OCH3 is 1. The first-order chi connectivity index (χ1) is 10.2. The number of anilines is 1. The monoisotopic (exact) mass is 291 g/mol. The number of hydrogen-bond donors (Lipinski definition) is 2. The lowest BCUT2D eigenvalue weighted by molar-refractivity contribution is -0.118. The van der Waals surface area contributed by atoms with Crippen molar-refractivity contribution < 1.29 is 14.3 Å². The van der Waals surface area contributed by atoms with E-state index in [-0.39, 0.29) is 18.4 Å². The maximum absolute atomic E-state index is 11.8. The molecule has 0 saturated heterocycles. The number of unbranched alkanes of at least 4 members (excludes halogenated alkanes) is 1. The number of carbonyl (C=O) groups excluding carboxylic acids is 1. The van der Waals surface area contributed by atoms with Crippen LogP contribution in [0.2, 0.25) is 0 Å². The molecule has 0 fully saturated rings. The highest BCUT2D eigenvalue weighted by Gasteiger charge is 2.11. The van der Waals surface area contributed by atoms with Crippen LogP contribution in [0.15, 0.2) is 24.3 Å². The van der Waals surface area contributed by atoms with Gasteiger partial charge in [-0.3, -0.25) is 4.79 Å². The first kappa shape index (κ1) is 17.0. The summed E-state index contributed by atoms with van der Waals surface area (Å²) < 4.78 is 10.6. The molecule has 6 nitrogen and oxygen atoms in total. The third-order valence-corrected chi connectivity index (χ3v) is 2.83. The number of ether oxygens (including phenoxy) is 2. The Kier molecular flexibility index (Phi) is 7.87. The summed E-state index contributed by atoms with van der Waals surface area (Å²) in [6.07, 6.45) is 1.07. The van der Waals surface area contributed by atoms with Gasteiger partial charge in [0.25, 0.3) is 0 Å². The zero-order valence-electron chi connectivity index (χ0n) is 12.2. The van der Waals surface area contributed by atoms with Crippen LogP contribution in [0.5, 0.6) is 5.75 Å². The van der Waals surface area contributed by atoms with Crippen molar-refractivity contribution in [2.24, 2.45) is 5.73 Å². The van der Waals surface area contributed by atoms with E-state index in [2.05, 4.69) is 11.4 Å². The van der Waals surface area contributed by atoms with Gasteiger partial charge in [-0.15, -0.1) is 0 Å². The van der Waals surface area contributed by atoms with E-state index >= 15 is 0 Å². The number of hydrogen-bond acceptors (Lipinski definition) is 5. The van der Waals surface area contributed by atoms with Crippen LogP contribution in [0, 0.1) is 11.3 Å². The lowest BCUT2D eigenvalue weighted by atomic mass is 10.2. The number of nitriles is 1. The highest BCUT2D eigenvalue weighted by Crippen LogP contribution is 2.18. The Bertz CT molecular complexity index is 481. The number of nitrogens with zero attached hydrogens (tertiary/aromatic N) is 1. The maximum atomic E-state index is 11.8. The quantitative estimate of drug-likeness (QED) is 0.674. The molecule has 114 valence electrons. The van der Waals surface area contributed by atoms with Crippen LogP contribution in [-0.4, -0.2) is 32.3 Å². The normalized spacial score (nSPS) is 11.5. The Morgan fingerprint density at radius 2 is 2.33 bits per heavy atom. The van der Waals surface area contributed by atoms with Gasteiger partial charge in [0.05, 0.1) is 25.2 Å². The first-order valence-electron chi connectivity index (χ1n) is 6.82. The number of nitrogens with two attached hydrogens (primary N) is 1. The summed E-state index contributed by atoms with van der Waals surface area (Å²) in [6.45, 7) is 0.774. The summed E-state index contributed by atoms with van der Waals surface area (Å²) >= 11 is 0. The topological polar surface area (TPSA) is 97.4 Å². The second-order valence-electron chi connectivity index (χ2n) is 4.48. The molecule has 0 heterocycles. The molecule has 0 bridgehead atoms. The molecule has 3 N–H and O–H groups in total. The Morgan fingerprint density at radius 1 is 1.52 bits per heavy atom. The molecule has 1 atom stereocenters. The highest BCUT2D eigenvalue weighted by atomic mass is 16.5. The summed E-state index contributed by atoms with van der Waals surface area (Å²) in [7, 11) is 1.53. The molecule has 0 spiro atoms. The molecule has 0 aromatic heterocycles. The maximum Gasteiger partial charge on any atom is 0.227 e. The van der Waals surface area contributed by atoms with Crippen molar-refractivity contribution in [3.63, 3.8) is 0 Å². The largest absolute Gasteiger partial charge is 0.493 e. The molecule has 1 rings (SSSR count). The van der Waals surface area contributed by atoms with Gasteiger partial charge in [0.1, 0.15) is 5.75 Å². The third-order valence-electron chi connectivity index (χ3n) is 2.83. The van der Waals surface area contributed by atoms with Crippen molar-refractivity contribution in [2.75, 3.05) is 25.6 Å².